The molecule has 15 heteroatoms. The van der Waals surface area contributed by atoms with Crippen molar-refractivity contribution in [1.29, 1.82) is 0 Å². The molecule has 0 saturated carbocycles. The van der Waals surface area contributed by atoms with Gasteiger partial charge in [-0.05, 0) is 47.3 Å². The molecule has 3 heterocycles. The number of aromatic hydroxyl groups is 1. The van der Waals surface area contributed by atoms with Crippen molar-refractivity contribution in [2.45, 2.75) is 6.54 Å². The highest BCUT2D eigenvalue weighted by Crippen LogP contribution is 2.52. The summed E-state index contributed by atoms with van der Waals surface area (Å²) < 4.78 is 43.6. The van der Waals surface area contributed by atoms with Crippen molar-refractivity contribution < 1.29 is 28.2 Å². The Bertz CT molecular complexity index is 1760. The maximum absolute atomic E-state index is 13.8. The number of amidine groups is 1. The van der Waals surface area contributed by atoms with Crippen molar-refractivity contribution in [2.75, 3.05) is 12.4 Å². The normalized spacial score (nSPS) is 16.4. The molecule has 2 aromatic heterocycles. The fourth-order valence-electron chi connectivity index (χ4n) is 3.94. The number of thiophene rings is 1. The summed E-state index contributed by atoms with van der Waals surface area (Å²) in [6.45, 7) is -0.101. The lowest BCUT2D eigenvalue weighted by atomic mass is 10.1. The van der Waals surface area contributed by atoms with Gasteiger partial charge in [0.05, 0.1) is 22.6 Å². The summed E-state index contributed by atoms with van der Waals surface area (Å²) in [4.78, 5) is 18.0. The monoisotopic (exact) mass is 603 g/mol. The van der Waals surface area contributed by atoms with Crippen LogP contribution < -0.4 is 26.8 Å². The minimum atomic E-state index is -3.95. The van der Waals surface area contributed by atoms with Gasteiger partial charge in [0.2, 0.25) is 0 Å². The molecule has 4 N–H and O–H groups in total. The Labute approximate surface area is 235 Å². The molecule has 0 fully saturated rings. The molecule has 4 aromatic rings. The maximum atomic E-state index is 13.8. The highest BCUT2D eigenvalue weighted by atomic mass is 35.5. The lowest BCUT2D eigenvalue weighted by Crippen LogP contribution is -2.35. The van der Waals surface area contributed by atoms with Gasteiger partial charge in [-0.1, -0.05) is 17.7 Å². The molecular weight excluding hydrogens is 584 g/mol. The Kier molecular flexibility index (Phi) is 7.74. The minimum Gasteiger partial charge on any atom is -0.505 e. The standard InChI is InChI=1S/C25H20ClFN5O6PS/c1-36-39(35)20-11-16(37-7-8-38-28)3-5-19(20)29-24(31-39)21-23(33)22(15-6-9-40-13-15)30-32(25(21)34)12-14-2-4-18(27)17(26)10-14/h2-11,13,33H,12,28H2,1H3,(H,29,31,35)/b8-7+. The van der Waals surface area contributed by atoms with E-state index in [4.69, 9.17) is 26.8 Å². The third kappa shape index (κ3) is 5.25. The van der Waals surface area contributed by atoms with Gasteiger partial charge >= 0.3 is 7.52 Å². The number of nitrogens with zero attached hydrogens (tertiary/aromatic N) is 3. The Hall–Kier alpha value is -4.00. The number of hydrogen-bond acceptors (Lipinski definition) is 10. The van der Waals surface area contributed by atoms with E-state index in [9.17, 15) is 18.9 Å². The maximum Gasteiger partial charge on any atom is 0.348 e. The fraction of sp³-hybridized carbons (Fsp3) is 0.0800. The van der Waals surface area contributed by atoms with Crippen LogP contribution >= 0.6 is 30.5 Å². The molecule has 0 amide bonds. The van der Waals surface area contributed by atoms with Crippen molar-refractivity contribution in [3.05, 3.63) is 98.1 Å². The van der Waals surface area contributed by atoms with E-state index >= 15 is 0 Å². The molecule has 0 aliphatic carbocycles. The van der Waals surface area contributed by atoms with Gasteiger partial charge in [-0.25, -0.2) is 9.07 Å². The van der Waals surface area contributed by atoms with E-state index in [-0.39, 0.29) is 39.7 Å². The number of ether oxygens (including phenoxy) is 1. The molecule has 40 heavy (non-hydrogen) atoms. The van der Waals surface area contributed by atoms with Gasteiger partial charge in [0, 0.05) is 18.1 Å². The van der Waals surface area contributed by atoms with Crippen molar-refractivity contribution in [2.24, 2.45) is 10.7 Å². The summed E-state index contributed by atoms with van der Waals surface area (Å²) in [7, 11) is -2.74. The average Bonchev–Trinajstić information content (AvgIpc) is 3.48. The van der Waals surface area contributed by atoms with Gasteiger partial charge in [-0.3, -0.25) is 9.36 Å². The molecule has 0 radical (unpaired) electrons. The molecule has 5 rings (SSSR count). The number of anilines is 1. The molecule has 0 spiro atoms. The zero-order valence-electron chi connectivity index (χ0n) is 20.6. The second-order valence-corrected chi connectivity index (χ2v) is 11.6. The van der Waals surface area contributed by atoms with E-state index in [1.54, 1.807) is 29.0 Å². The number of benzene rings is 2. The summed E-state index contributed by atoms with van der Waals surface area (Å²) >= 11 is 7.30. The third-order valence-electron chi connectivity index (χ3n) is 5.82. The second kappa shape index (κ2) is 11.2. The van der Waals surface area contributed by atoms with Crippen LogP contribution in [0, 0.1) is 5.82 Å². The average molecular weight is 604 g/mol. The van der Waals surface area contributed by atoms with E-state index in [2.05, 4.69) is 20.0 Å². The first-order valence-electron chi connectivity index (χ1n) is 11.4. The van der Waals surface area contributed by atoms with Gasteiger partial charge in [0.15, 0.2) is 11.6 Å². The van der Waals surface area contributed by atoms with Crippen LogP contribution in [0.5, 0.6) is 11.5 Å². The molecule has 1 aliphatic heterocycles. The first kappa shape index (κ1) is 27.6. The highest BCUT2D eigenvalue weighted by molar-refractivity contribution is 7.66. The summed E-state index contributed by atoms with van der Waals surface area (Å²) in [6, 6.07) is 10.3. The van der Waals surface area contributed by atoms with Gasteiger partial charge in [-0.15, -0.1) is 0 Å². The molecule has 11 nitrogen and oxygen atoms in total. The van der Waals surface area contributed by atoms with E-state index in [1.807, 2.05) is 0 Å². The number of hydrogen-bond donors (Lipinski definition) is 3. The molecule has 0 bridgehead atoms. The molecule has 1 aliphatic rings. The molecule has 1 unspecified atom stereocenters. The van der Waals surface area contributed by atoms with Crippen LogP contribution in [0.3, 0.4) is 0 Å². The molecular formula is C25H20ClFN5O6PS. The summed E-state index contributed by atoms with van der Waals surface area (Å²) in [5.74, 6) is 3.96. The highest BCUT2D eigenvalue weighted by Gasteiger charge is 2.36. The topological polar surface area (TPSA) is 150 Å². The van der Waals surface area contributed by atoms with Gasteiger partial charge < -0.3 is 24.5 Å². The van der Waals surface area contributed by atoms with E-state index < -0.39 is 24.6 Å². The molecule has 206 valence electrons. The Balaban J connectivity index is 1.65. The Morgan fingerprint density at radius 2 is 2.08 bits per heavy atom. The van der Waals surface area contributed by atoms with Crippen LogP contribution in [0.15, 0.2) is 75.3 Å². The summed E-state index contributed by atoms with van der Waals surface area (Å²) in [6.07, 6.45) is 2.29. The van der Waals surface area contributed by atoms with Crippen molar-refractivity contribution in [3.63, 3.8) is 0 Å². The quantitative estimate of drug-likeness (QED) is 0.149. The number of fused-ring (bicyclic) bond motifs is 1. The minimum absolute atomic E-state index is 0.0873. The number of rotatable bonds is 8. The second-order valence-electron chi connectivity index (χ2n) is 8.28. The Morgan fingerprint density at radius 1 is 1.25 bits per heavy atom. The number of nitrogens with one attached hydrogen (secondary N) is 1. The van der Waals surface area contributed by atoms with Crippen molar-refractivity contribution in [1.82, 2.24) is 9.78 Å². The number of aromatic nitrogens is 2. The van der Waals surface area contributed by atoms with Crippen LogP contribution in [0.4, 0.5) is 10.1 Å². The fourth-order valence-corrected chi connectivity index (χ4v) is 6.31. The van der Waals surface area contributed by atoms with Crippen LogP contribution in [-0.4, -0.2) is 27.8 Å². The van der Waals surface area contributed by atoms with Crippen LogP contribution in [0.25, 0.3) is 11.3 Å². The number of halogens is 2. The largest absolute Gasteiger partial charge is 0.505 e. The first-order chi connectivity index (χ1) is 19.2. The van der Waals surface area contributed by atoms with Crippen molar-refractivity contribution in [3.8, 4) is 22.8 Å². The van der Waals surface area contributed by atoms with Crippen LogP contribution in [-0.2, 0) is 20.5 Å². The first-order valence-corrected chi connectivity index (χ1v) is 14.3. The summed E-state index contributed by atoms with van der Waals surface area (Å²) in [5, 5.41) is 22.2. The van der Waals surface area contributed by atoms with Crippen LogP contribution in [0.2, 0.25) is 5.02 Å². The van der Waals surface area contributed by atoms with E-state index in [0.717, 1.165) is 10.9 Å². The summed E-state index contributed by atoms with van der Waals surface area (Å²) in [5.41, 5.74) is 0.395. The van der Waals surface area contributed by atoms with Gasteiger partial charge in [0.25, 0.3) is 5.56 Å². The lowest BCUT2D eigenvalue weighted by molar-refractivity contribution is 0.250. The zero-order chi connectivity index (χ0) is 28.4. The molecule has 0 saturated heterocycles. The van der Waals surface area contributed by atoms with Gasteiger partial charge in [-0.2, -0.15) is 27.1 Å². The lowest BCUT2D eigenvalue weighted by Gasteiger charge is -2.25. The SMILES string of the molecule is COP1(=O)N=C(c2c(O)c(-c3ccsc3)nn(Cc3ccc(F)c(Cl)c3)c2=O)Nc2ccc(O/C=C/ON)cc21. The van der Waals surface area contributed by atoms with E-state index in [1.165, 1.54) is 49.0 Å². The Morgan fingerprint density at radius 3 is 2.77 bits per heavy atom. The van der Waals surface area contributed by atoms with Crippen molar-refractivity contribution >= 4 is 47.3 Å². The van der Waals surface area contributed by atoms with Gasteiger partial charge in [0.1, 0.15) is 35.3 Å². The molecule has 2 aromatic carbocycles. The van der Waals surface area contributed by atoms with E-state index in [0.29, 0.717) is 16.8 Å². The predicted molar refractivity (Wildman–Crippen MR) is 150 cm³/mol. The van der Waals surface area contributed by atoms with Crippen LogP contribution in [0.1, 0.15) is 11.1 Å². The third-order valence-corrected chi connectivity index (χ3v) is 8.73. The smallest absolute Gasteiger partial charge is 0.348 e. The predicted octanol–water partition coefficient (Wildman–Crippen LogP) is 4.60. The molecule has 1 atom stereocenters. The zero-order valence-corrected chi connectivity index (χ0v) is 23.0. The number of nitrogens with two attached hydrogens (primary N) is 1.